The van der Waals surface area contributed by atoms with E-state index in [2.05, 4.69) is 47.3 Å². The normalized spacial score (nSPS) is 12.9. The highest BCUT2D eigenvalue weighted by molar-refractivity contribution is 5.04. The van der Waals surface area contributed by atoms with Gasteiger partial charge >= 0.3 is 0 Å². The summed E-state index contributed by atoms with van der Waals surface area (Å²) in [5.74, 6) is 0. The first-order valence-electron chi connectivity index (χ1n) is 9.27. The average Bonchev–Trinajstić information content (AvgIpc) is 2.57. The molecule has 0 rings (SSSR count). The monoisotopic (exact) mass is 324 g/mol. The quantitative estimate of drug-likeness (QED) is 0.260. The Morgan fingerprint density at radius 2 is 1.00 bits per heavy atom. The maximum absolute atomic E-state index is 3.53. The summed E-state index contributed by atoms with van der Waals surface area (Å²) in [6, 6.07) is 0. The molecular weight excluding hydrogens is 284 g/mol. The van der Waals surface area contributed by atoms with Crippen molar-refractivity contribution in [2.45, 2.75) is 46.0 Å². The van der Waals surface area contributed by atoms with E-state index in [0.717, 1.165) is 39.3 Å². The van der Waals surface area contributed by atoms with Gasteiger partial charge in [0.15, 0.2) is 0 Å². The van der Waals surface area contributed by atoms with Crippen LogP contribution in [0.1, 0.15) is 46.0 Å². The third kappa shape index (κ3) is 14.6. The third-order valence-electron chi connectivity index (χ3n) is 4.04. The average molecular weight is 325 g/mol. The van der Waals surface area contributed by atoms with Gasteiger partial charge < -0.3 is 21.3 Å². The molecule has 0 aliphatic rings. The number of hydrogen-bond donors (Lipinski definition) is 4. The largest absolute Gasteiger partial charge is 0.316 e. The van der Waals surface area contributed by atoms with E-state index in [4.69, 9.17) is 0 Å². The summed E-state index contributed by atoms with van der Waals surface area (Å²) in [6.07, 6.45) is 11.0. The first-order chi connectivity index (χ1) is 11.3. The lowest BCUT2D eigenvalue weighted by Crippen LogP contribution is -2.23. The Kier molecular flexibility index (Phi) is 17.1. The molecule has 0 bridgehead atoms. The molecule has 4 heteroatoms. The molecule has 0 spiro atoms. The van der Waals surface area contributed by atoms with Gasteiger partial charge in [-0.3, -0.25) is 0 Å². The van der Waals surface area contributed by atoms with Crippen molar-refractivity contribution in [1.29, 1.82) is 0 Å². The summed E-state index contributed by atoms with van der Waals surface area (Å²) in [5.41, 5.74) is 2.88. The van der Waals surface area contributed by atoms with E-state index in [1.54, 1.807) is 0 Å². The summed E-state index contributed by atoms with van der Waals surface area (Å²) >= 11 is 0. The van der Waals surface area contributed by atoms with Gasteiger partial charge in [-0.1, -0.05) is 31.4 Å². The van der Waals surface area contributed by atoms with Gasteiger partial charge in [0, 0.05) is 26.2 Å². The van der Waals surface area contributed by atoms with Crippen LogP contribution in [-0.4, -0.2) is 53.4 Å². The second-order valence-corrected chi connectivity index (χ2v) is 6.08. The molecule has 0 radical (unpaired) electrons. The van der Waals surface area contributed by atoms with Crippen molar-refractivity contribution < 1.29 is 0 Å². The molecule has 0 heterocycles. The number of allylic oxidation sites excluding steroid dienone is 2. The summed E-state index contributed by atoms with van der Waals surface area (Å²) in [5, 5.41) is 13.5. The fourth-order valence-electron chi connectivity index (χ4n) is 2.52. The van der Waals surface area contributed by atoms with E-state index in [1.807, 2.05) is 14.1 Å². The fourth-order valence-corrected chi connectivity index (χ4v) is 2.52. The molecule has 0 aromatic carbocycles. The van der Waals surface area contributed by atoms with Gasteiger partial charge in [-0.15, -0.1) is 0 Å². The molecule has 4 N–H and O–H groups in total. The van der Waals surface area contributed by atoms with Crippen molar-refractivity contribution in [2.24, 2.45) is 0 Å². The van der Waals surface area contributed by atoms with Gasteiger partial charge in [0.2, 0.25) is 0 Å². The lowest BCUT2D eigenvalue weighted by Gasteiger charge is -2.09. The lowest BCUT2D eigenvalue weighted by molar-refractivity contribution is 0.566. The Labute approximate surface area is 144 Å². The molecule has 4 nitrogen and oxygen atoms in total. The second kappa shape index (κ2) is 17.7. The molecule has 23 heavy (non-hydrogen) atoms. The van der Waals surface area contributed by atoms with Crippen molar-refractivity contribution in [3.05, 3.63) is 23.3 Å². The van der Waals surface area contributed by atoms with Gasteiger partial charge in [0.05, 0.1) is 0 Å². The molecule has 0 aliphatic carbocycles. The van der Waals surface area contributed by atoms with Gasteiger partial charge in [0.25, 0.3) is 0 Å². The Hall–Kier alpha value is -0.680. The first-order valence-corrected chi connectivity index (χ1v) is 9.27. The molecule has 0 saturated carbocycles. The minimum absolute atomic E-state index is 0.986. The number of likely N-dealkylation sites (N-methyl/N-ethyl adjacent to an activating group) is 2. The number of rotatable bonds is 16. The molecule has 0 amide bonds. The van der Waals surface area contributed by atoms with E-state index in [9.17, 15) is 0 Å². The fraction of sp³-hybridized carbons (Fsp3) is 0.789. The van der Waals surface area contributed by atoms with Crippen molar-refractivity contribution in [2.75, 3.05) is 53.4 Å². The van der Waals surface area contributed by atoms with Crippen molar-refractivity contribution in [3.8, 4) is 0 Å². The van der Waals surface area contributed by atoms with Crippen LogP contribution in [0.3, 0.4) is 0 Å². The third-order valence-corrected chi connectivity index (χ3v) is 4.04. The first kappa shape index (κ1) is 22.3. The number of unbranched alkanes of at least 4 members (excludes halogenated alkanes) is 4. The minimum Gasteiger partial charge on any atom is -0.316 e. The molecule has 0 atom stereocenters. The van der Waals surface area contributed by atoms with Gasteiger partial charge in [-0.25, -0.2) is 0 Å². The van der Waals surface area contributed by atoms with Gasteiger partial charge in [-0.05, 0) is 65.0 Å². The summed E-state index contributed by atoms with van der Waals surface area (Å²) in [4.78, 5) is 0. The van der Waals surface area contributed by atoms with E-state index in [-0.39, 0.29) is 0 Å². The number of nitrogens with one attached hydrogen (secondary N) is 4. The zero-order chi connectivity index (χ0) is 17.2. The number of hydrogen-bond acceptors (Lipinski definition) is 4. The predicted octanol–water partition coefficient (Wildman–Crippen LogP) is 2.45. The van der Waals surface area contributed by atoms with Crippen molar-refractivity contribution in [3.63, 3.8) is 0 Å². The Morgan fingerprint density at radius 3 is 1.35 bits per heavy atom. The molecule has 0 aliphatic heterocycles. The zero-order valence-corrected chi connectivity index (χ0v) is 15.9. The maximum atomic E-state index is 3.53. The van der Waals surface area contributed by atoms with Crippen LogP contribution in [0.25, 0.3) is 0 Å². The minimum atomic E-state index is 0.986. The molecule has 0 aromatic heterocycles. The highest BCUT2D eigenvalue weighted by atomic mass is 14.9. The maximum Gasteiger partial charge on any atom is 0.0177 e. The van der Waals surface area contributed by atoms with Crippen LogP contribution >= 0.6 is 0 Å². The van der Waals surface area contributed by atoms with Crippen LogP contribution in [0.15, 0.2) is 23.3 Å². The zero-order valence-electron chi connectivity index (χ0n) is 15.9. The van der Waals surface area contributed by atoms with Crippen LogP contribution < -0.4 is 21.3 Å². The molecule has 0 fully saturated rings. The summed E-state index contributed by atoms with van der Waals surface area (Å²) < 4.78 is 0. The van der Waals surface area contributed by atoms with Crippen LogP contribution in [0.5, 0.6) is 0 Å². The van der Waals surface area contributed by atoms with Gasteiger partial charge in [-0.2, -0.15) is 0 Å². The molecule has 0 saturated heterocycles. The van der Waals surface area contributed by atoms with E-state index >= 15 is 0 Å². The molecule has 136 valence electrons. The SMILES string of the molecule is C/C=C(/CNC)CNCCCCCCCNC/C(=C\C)CNC. The lowest BCUT2D eigenvalue weighted by atomic mass is 10.1. The molecule has 0 aromatic rings. The van der Waals surface area contributed by atoms with Crippen LogP contribution in [0, 0.1) is 0 Å². The highest BCUT2D eigenvalue weighted by Gasteiger charge is 1.96. The van der Waals surface area contributed by atoms with Gasteiger partial charge in [0.1, 0.15) is 0 Å². The standard InChI is InChI=1S/C19H40N4/c1-5-18(14-20-3)16-22-12-10-8-7-9-11-13-23-17-19(6-2)15-21-4/h5-6,20-23H,7-17H2,1-4H3/b18-5-,19-6-. The smallest absolute Gasteiger partial charge is 0.0177 e. The summed E-state index contributed by atoms with van der Waals surface area (Å²) in [6.45, 7) is 10.5. The Balaban J connectivity index is 3.31. The van der Waals surface area contributed by atoms with Crippen LogP contribution in [0.2, 0.25) is 0 Å². The molecular formula is C19H40N4. The Bertz CT molecular complexity index is 280. The van der Waals surface area contributed by atoms with Crippen LogP contribution in [-0.2, 0) is 0 Å². The van der Waals surface area contributed by atoms with E-state index < -0.39 is 0 Å². The highest BCUT2D eigenvalue weighted by Crippen LogP contribution is 2.02. The van der Waals surface area contributed by atoms with Crippen molar-refractivity contribution >= 4 is 0 Å². The second-order valence-electron chi connectivity index (χ2n) is 6.08. The predicted molar refractivity (Wildman–Crippen MR) is 104 cm³/mol. The summed E-state index contributed by atoms with van der Waals surface area (Å²) in [7, 11) is 4.00. The van der Waals surface area contributed by atoms with Crippen LogP contribution in [0.4, 0.5) is 0 Å². The van der Waals surface area contributed by atoms with E-state index in [0.29, 0.717) is 0 Å². The van der Waals surface area contributed by atoms with Crippen molar-refractivity contribution in [1.82, 2.24) is 21.3 Å². The molecule has 0 unspecified atom stereocenters. The topological polar surface area (TPSA) is 48.1 Å². The Morgan fingerprint density at radius 1 is 0.609 bits per heavy atom. The van der Waals surface area contributed by atoms with E-state index in [1.165, 1.54) is 43.3 Å².